The molecular weight excluding hydrogens is 232 g/mol. The summed E-state index contributed by atoms with van der Waals surface area (Å²) in [5, 5.41) is 4.77. The van der Waals surface area contributed by atoms with E-state index in [1.54, 1.807) is 18.4 Å². The van der Waals surface area contributed by atoms with Gasteiger partial charge in [-0.25, -0.2) is 4.98 Å². The molecule has 0 aliphatic heterocycles. The molecule has 1 heterocycles. The van der Waals surface area contributed by atoms with E-state index in [-0.39, 0.29) is 0 Å². The van der Waals surface area contributed by atoms with Gasteiger partial charge in [0.2, 0.25) is 0 Å². The van der Waals surface area contributed by atoms with Gasteiger partial charge in [-0.3, -0.25) is 0 Å². The minimum Gasteiger partial charge on any atom is -0.383 e. The van der Waals surface area contributed by atoms with Gasteiger partial charge >= 0.3 is 0 Å². The third-order valence-corrected chi connectivity index (χ3v) is 4.20. The summed E-state index contributed by atoms with van der Waals surface area (Å²) in [6, 6.07) is 0.723. The smallest absolute Gasteiger partial charge is 0.0900 e. The van der Waals surface area contributed by atoms with Gasteiger partial charge in [0.05, 0.1) is 17.3 Å². The largest absolute Gasteiger partial charge is 0.383 e. The minimum atomic E-state index is 0.337. The highest BCUT2D eigenvalue weighted by Crippen LogP contribution is 2.25. The molecule has 98 valence electrons. The number of hydrogen-bond acceptors (Lipinski definition) is 4. The van der Waals surface area contributed by atoms with Gasteiger partial charge in [0.1, 0.15) is 0 Å². The number of hydrogen-bond donors (Lipinski definition) is 1. The highest BCUT2D eigenvalue weighted by atomic mass is 32.1. The van der Waals surface area contributed by atoms with Crippen molar-refractivity contribution in [1.29, 1.82) is 0 Å². The number of nitrogens with one attached hydrogen (secondary N) is 1. The Kier molecular flexibility index (Phi) is 5.56. The molecule has 0 radical (unpaired) electrons. The van der Waals surface area contributed by atoms with Crippen molar-refractivity contribution in [2.24, 2.45) is 5.92 Å². The Bertz CT molecular complexity index is 349. The van der Waals surface area contributed by atoms with Crippen molar-refractivity contribution in [3.8, 4) is 0 Å². The molecule has 0 aliphatic rings. The first-order valence-electron chi connectivity index (χ1n) is 6.14. The molecule has 1 aromatic heterocycles. The molecule has 1 aromatic rings. The number of ether oxygens (including phenoxy) is 1. The van der Waals surface area contributed by atoms with Crippen molar-refractivity contribution in [3.05, 3.63) is 15.6 Å². The molecule has 0 aromatic carbocycles. The quantitative estimate of drug-likeness (QED) is 0.849. The van der Waals surface area contributed by atoms with Gasteiger partial charge < -0.3 is 10.1 Å². The van der Waals surface area contributed by atoms with Crippen LogP contribution in [0.2, 0.25) is 0 Å². The van der Waals surface area contributed by atoms with Gasteiger partial charge in [-0.15, -0.1) is 11.3 Å². The lowest BCUT2D eigenvalue weighted by Gasteiger charge is -2.25. The van der Waals surface area contributed by atoms with Crippen LogP contribution in [-0.4, -0.2) is 24.7 Å². The average molecular weight is 256 g/mol. The fraction of sp³-hybridized carbons (Fsp3) is 0.769. The van der Waals surface area contributed by atoms with E-state index in [4.69, 9.17) is 4.74 Å². The Hall–Kier alpha value is -0.450. The molecular formula is C13H24N2OS. The first-order valence-corrected chi connectivity index (χ1v) is 6.96. The van der Waals surface area contributed by atoms with E-state index in [0.717, 1.165) is 17.3 Å². The molecule has 0 fully saturated rings. The van der Waals surface area contributed by atoms with Gasteiger partial charge in [-0.05, 0) is 26.7 Å². The summed E-state index contributed by atoms with van der Waals surface area (Å²) in [4.78, 5) is 5.81. The highest BCUT2D eigenvalue weighted by molar-refractivity contribution is 7.11. The second kappa shape index (κ2) is 6.47. The number of rotatable bonds is 6. The lowest BCUT2D eigenvalue weighted by atomic mass is 10.0. The molecule has 2 atom stereocenters. The Morgan fingerprint density at radius 2 is 1.94 bits per heavy atom. The maximum Gasteiger partial charge on any atom is 0.0900 e. The van der Waals surface area contributed by atoms with E-state index >= 15 is 0 Å². The minimum absolute atomic E-state index is 0.337. The van der Waals surface area contributed by atoms with E-state index in [1.807, 2.05) is 0 Å². The van der Waals surface area contributed by atoms with E-state index in [2.05, 4.69) is 44.9 Å². The molecule has 0 saturated heterocycles. The van der Waals surface area contributed by atoms with Gasteiger partial charge in [0.15, 0.2) is 0 Å². The molecule has 0 aliphatic carbocycles. The summed E-state index contributed by atoms with van der Waals surface area (Å²) >= 11 is 1.78. The van der Waals surface area contributed by atoms with Gasteiger partial charge in [0.25, 0.3) is 0 Å². The Morgan fingerprint density at radius 3 is 2.35 bits per heavy atom. The lowest BCUT2D eigenvalue weighted by molar-refractivity contribution is 0.142. The highest BCUT2D eigenvalue weighted by Gasteiger charge is 2.19. The van der Waals surface area contributed by atoms with Gasteiger partial charge in [-0.2, -0.15) is 0 Å². The van der Waals surface area contributed by atoms with Crippen molar-refractivity contribution >= 4 is 11.3 Å². The first-order chi connectivity index (χ1) is 7.95. The number of aromatic nitrogens is 1. The monoisotopic (exact) mass is 256 g/mol. The molecule has 4 heteroatoms. The van der Waals surface area contributed by atoms with Crippen molar-refractivity contribution < 1.29 is 4.74 Å². The predicted molar refractivity (Wildman–Crippen MR) is 73.6 cm³/mol. The summed E-state index contributed by atoms with van der Waals surface area (Å²) in [5.74, 6) is 0.562. The number of methoxy groups -OCH3 is 1. The molecule has 0 saturated carbocycles. The zero-order valence-corrected chi connectivity index (χ0v) is 12.5. The maximum absolute atomic E-state index is 5.26. The molecule has 17 heavy (non-hydrogen) atoms. The van der Waals surface area contributed by atoms with Crippen molar-refractivity contribution in [1.82, 2.24) is 10.3 Å². The molecule has 0 bridgehead atoms. The molecule has 2 unspecified atom stereocenters. The Morgan fingerprint density at radius 1 is 1.29 bits per heavy atom. The Labute approximate surface area is 109 Å². The maximum atomic E-state index is 5.26. The standard InChI is InChI=1S/C13H24N2OS/c1-8(2)12(7-16-6)15-10(4)13-9(3)14-11(5)17-13/h8,10,12,15H,7H2,1-6H3. The lowest BCUT2D eigenvalue weighted by Crippen LogP contribution is -2.39. The number of thiazole rings is 1. The predicted octanol–water partition coefficient (Wildman–Crippen LogP) is 3.08. The average Bonchev–Trinajstić information content (AvgIpc) is 2.57. The van der Waals surface area contributed by atoms with Gasteiger partial charge in [-0.1, -0.05) is 13.8 Å². The van der Waals surface area contributed by atoms with Crippen LogP contribution >= 0.6 is 11.3 Å². The third-order valence-electron chi connectivity index (χ3n) is 2.95. The summed E-state index contributed by atoms with van der Waals surface area (Å²) in [6.07, 6.45) is 0. The van der Waals surface area contributed by atoms with E-state index in [1.165, 1.54) is 4.88 Å². The van der Waals surface area contributed by atoms with Crippen molar-refractivity contribution in [2.75, 3.05) is 13.7 Å². The van der Waals surface area contributed by atoms with Crippen LogP contribution in [0.5, 0.6) is 0 Å². The second-order valence-corrected chi connectivity index (χ2v) is 6.11. The van der Waals surface area contributed by atoms with Crippen LogP contribution in [0.1, 0.15) is 42.4 Å². The van der Waals surface area contributed by atoms with E-state index < -0.39 is 0 Å². The normalized spacial score (nSPS) is 15.2. The molecule has 0 amide bonds. The number of nitrogens with zero attached hydrogens (tertiary/aromatic N) is 1. The molecule has 1 N–H and O–H groups in total. The first kappa shape index (κ1) is 14.6. The SMILES string of the molecule is COCC(NC(C)c1sc(C)nc1C)C(C)C. The van der Waals surface area contributed by atoms with Crippen molar-refractivity contribution in [3.63, 3.8) is 0 Å². The summed E-state index contributed by atoms with van der Waals surface area (Å²) in [5.41, 5.74) is 1.15. The third kappa shape index (κ3) is 4.05. The number of aryl methyl sites for hydroxylation is 2. The Balaban J connectivity index is 2.69. The van der Waals surface area contributed by atoms with Crippen LogP contribution < -0.4 is 5.32 Å². The zero-order valence-electron chi connectivity index (χ0n) is 11.7. The molecule has 0 spiro atoms. The van der Waals surface area contributed by atoms with Crippen LogP contribution in [-0.2, 0) is 4.74 Å². The summed E-state index contributed by atoms with van der Waals surface area (Å²) < 4.78 is 5.26. The van der Waals surface area contributed by atoms with Crippen LogP contribution in [0, 0.1) is 19.8 Å². The van der Waals surface area contributed by atoms with Crippen LogP contribution in [0.3, 0.4) is 0 Å². The van der Waals surface area contributed by atoms with Crippen LogP contribution in [0.25, 0.3) is 0 Å². The zero-order chi connectivity index (χ0) is 13.0. The fourth-order valence-corrected chi connectivity index (χ4v) is 2.90. The van der Waals surface area contributed by atoms with Crippen LogP contribution in [0.4, 0.5) is 0 Å². The summed E-state index contributed by atoms with van der Waals surface area (Å²) in [7, 11) is 1.75. The topological polar surface area (TPSA) is 34.1 Å². The molecule has 1 rings (SSSR count). The van der Waals surface area contributed by atoms with Gasteiger partial charge in [0, 0.05) is 24.1 Å². The van der Waals surface area contributed by atoms with E-state index in [9.17, 15) is 0 Å². The molecule has 3 nitrogen and oxygen atoms in total. The van der Waals surface area contributed by atoms with Crippen LogP contribution in [0.15, 0.2) is 0 Å². The second-order valence-electron chi connectivity index (χ2n) is 4.88. The van der Waals surface area contributed by atoms with E-state index in [0.29, 0.717) is 18.0 Å². The van der Waals surface area contributed by atoms with Crippen molar-refractivity contribution in [2.45, 2.75) is 46.7 Å². The summed E-state index contributed by atoms with van der Waals surface area (Å²) in [6.45, 7) is 11.5. The fourth-order valence-electron chi connectivity index (χ4n) is 1.96.